The molecule has 2 N–H and O–H groups in total. The summed E-state index contributed by atoms with van der Waals surface area (Å²) in [5.41, 5.74) is 1.32. The van der Waals surface area contributed by atoms with Gasteiger partial charge in [0, 0.05) is 11.7 Å². The molecule has 0 bridgehead atoms. The van der Waals surface area contributed by atoms with E-state index in [0.717, 1.165) is 17.9 Å². The molecule has 2 rings (SSSR count). The summed E-state index contributed by atoms with van der Waals surface area (Å²) in [5.74, 6) is 0.865. The molecule has 1 aliphatic rings. The molecule has 19 heavy (non-hydrogen) atoms. The van der Waals surface area contributed by atoms with Crippen LogP contribution in [0.25, 0.3) is 0 Å². The Hall–Kier alpha value is -0.940. The number of halogens is 1. The molecule has 0 radical (unpaired) electrons. The molecular weight excluding hydrogens is 284 g/mol. The van der Waals surface area contributed by atoms with Gasteiger partial charge in [0.2, 0.25) is 10.0 Å². The largest absolute Gasteiger partial charge is 0.383 e. The number of sulfonamides is 1. The first-order valence-corrected chi connectivity index (χ1v) is 8.64. The van der Waals surface area contributed by atoms with E-state index in [2.05, 4.69) is 17.0 Å². The minimum absolute atomic E-state index is 0.397. The predicted molar refractivity (Wildman–Crippen MR) is 80.3 cm³/mol. The summed E-state index contributed by atoms with van der Waals surface area (Å²) in [4.78, 5) is 0. The Morgan fingerprint density at radius 3 is 2.63 bits per heavy atom. The Kier molecular flexibility index (Phi) is 4.26. The second-order valence-electron chi connectivity index (χ2n) is 5.29. The molecule has 1 aromatic rings. The van der Waals surface area contributed by atoms with Crippen LogP contribution in [0.4, 0.5) is 11.4 Å². The van der Waals surface area contributed by atoms with Crippen molar-refractivity contribution >= 4 is 33.0 Å². The van der Waals surface area contributed by atoms with Crippen molar-refractivity contribution in [3.05, 3.63) is 23.2 Å². The van der Waals surface area contributed by atoms with Crippen LogP contribution >= 0.6 is 11.6 Å². The molecular formula is C13H19ClN2O2S. The van der Waals surface area contributed by atoms with Crippen LogP contribution in [0.2, 0.25) is 5.02 Å². The third-order valence-corrected chi connectivity index (χ3v) is 3.96. The standard InChI is InChI=1S/C13H19ClN2O2S/c1-9(7-10-3-4-10)15-11-5-6-13(12(14)8-11)16-19(2,17)18/h5-6,8-10,15-16H,3-4,7H2,1-2H3. The van der Waals surface area contributed by atoms with Gasteiger partial charge < -0.3 is 5.32 Å². The molecule has 4 nitrogen and oxygen atoms in total. The van der Waals surface area contributed by atoms with E-state index in [-0.39, 0.29) is 0 Å². The molecule has 0 spiro atoms. The predicted octanol–water partition coefficient (Wildman–Crippen LogP) is 3.31. The van der Waals surface area contributed by atoms with Gasteiger partial charge in [0.05, 0.1) is 17.0 Å². The van der Waals surface area contributed by atoms with E-state index in [1.54, 1.807) is 12.1 Å². The lowest BCUT2D eigenvalue weighted by Gasteiger charge is -2.16. The SMILES string of the molecule is CC(CC1CC1)Nc1ccc(NS(C)(=O)=O)c(Cl)c1. The molecule has 1 saturated carbocycles. The van der Waals surface area contributed by atoms with Crippen LogP contribution in [0.15, 0.2) is 18.2 Å². The molecule has 0 amide bonds. The van der Waals surface area contributed by atoms with Crippen LogP contribution in [0.5, 0.6) is 0 Å². The summed E-state index contributed by atoms with van der Waals surface area (Å²) >= 11 is 6.07. The Labute approximate surface area is 119 Å². The van der Waals surface area contributed by atoms with Crippen LogP contribution in [0, 0.1) is 5.92 Å². The van der Waals surface area contributed by atoms with Gasteiger partial charge >= 0.3 is 0 Å². The van der Waals surface area contributed by atoms with E-state index in [0.29, 0.717) is 16.8 Å². The van der Waals surface area contributed by atoms with Gasteiger partial charge in [0.25, 0.3) is 0 Å². The van der Waals surface area contributed by atoms with Gasteiger partial charge in [-0.1, -0.05) is 24.4 Å². The number of hydrogen-bond donors (Lipinski definition) is 2. The zero-order chi connectivity index (χ0) is 14.0. The lowest BCUT2D eigenvalue weighted by atomic mass is 10.1. The fourth-order valence-electron chi connectivity index (χ4n) is 2.08. The number of rotatable bonds is 6. The van der Waals surface area contributed by atoms with E-state index in [1.165, 1.54) is 19.3 Å². The normalized spacial score (nSPS) is 17.0. The minimum Gasteiger partial charge on any atom is -0.383 e. The van der Waals surface area contributed by atoms with Crippen LogP contribution in [-0.2, 0) is 10.0 Å². The zero-order valence-electron chi connectivity index (χ0n) is 11.1. The van der Waals surface area contributed by atoms with Gasteiger partial charge in [-0.25, -0.2) is 8.42 Å². The average molecular weight is 303 g/mol. The highest BCUT2D eigenvalue weighted by Crippen LogP contribution is 2.34. The summed E-state index contributed by atoms with van der Waals surface area (Å²) < 4.78 is 24.7. The molecule has 1 atom stereocenters. The molecule has 1 fully saturated rings. The smallest absolute Gasteiger partial charge is 0.229 e. The topological polar surface area (TPSA) is 58.2 Å². The second-order valence-corrected chi connectivity index (χ2v) is 7.45. The van der Waals surface area contributed by atoms with E-state index in [4.69, 9.17) is 11.6 Å². The zero-order valence-corrected chi connectivity index (χ0v) is 12.7. The first kappa shape index (κ1) is 14.5. The molecule has 6 heteroatoms. The van der Waals surface area contributed by atoms with Crippen LogP contribution < -0.4 is 10.0 Å². The monoisotopic (exact) mass is 302 g/mol. The van der Waals surface area contributed by atoms with Gasteiger partial charge in [-0.05, 0) is 37.5 Å². The second kappa shape index (κ2) is 5.59. The van der Waals surface area contributed by atoms with Crippen molar-refractivity contribution in [1.29, 1.82) is 0 Å². The maximum absolute atomic E-state index is 11.2. The Morgan fingerprint density at radius 1 is 1.42 bits per heavy atom. The molecule has 0 aliphatic heterocycles. The molecule has 106 valence electrons. The van der Waals surface area contributed by atoms with E-state index in [9.17, 15) is 8.42 Å². The molecule has 0 saturated heterocycles. The Balaban J connectivity index is 2.01. The fourth-order valence-corrected chi connectivity index (χ4v) is 2.95. The average Bonchev–Trinajstić information content (AvgIpc) is 3.04. The Bertz CT molecular complexity index is 556. The highest BCUT2D eigenvalue weighted by Gasteiger charge is 2.23. The van der Waals surface area contributed by atoms with Gasteiger partial charge in [0.15, 0.2) is 0 Å². The summed E-state index contributed by atoms with van der Waals surface area (Å²) in [5, 5.41) is 3.78. The molecule has 1 unspecified atom stereocenters. The van der Waals surface area contributed by atoms with E-state index in [1.807, 2.05) is 6.07 Å². The maximum atomic E-state index is 11.2. The highest BCUT2D eigenvalue weighted by atomic mass is 35.5. The van der Waals surface area contributed by atoms with E-state index < -0.39 is 10.0 Å². The van der Waals surface area contributed by atoms with Gasteiger partial charge in [0.1, 0.15) is 0 Å². The van der Waals surface area contributed by atoms with Crippen LogP contribution in [0.1, 0.15) is 26.2 Å². The van der Waals surface area contributed by atoms with Crippen LogP contribution in [-0.4, -0.2) is 20.7 Å². The highest BCUT2D eigenvalue weighted by molar-refractivity contribution is 7.92. The maximum Gasteiger partial charge on any atom is 0.229 e. The van der Waals surface area contributed by atoms with Crippen molar-refractivity contribution in [2.45, 2.75) is 32.2 Å². The number of hydrogen-bond acceptors (Lipinski definition) is 3. The van der Waals surface area contributed by atoms with Crippen molar-refractivity contribution in [3.63, 3.8) is 0 Å². The van der Waals surface area contributed by atoms with Gasteiger partial charge in [-0.15, -0.1) is 0 Å². The van der Waals surface area contributed by atoms with Crippen molar-refractivity contribution in [3.8, 4) is 0 Å². The van der Waals surface area contributed by atoms with E-state index >= 15 is 0 Å². The third kappa shape index (κ3) is 4.91. The van der Waals surface area contributed by atoms with Crippen molar-refractivity contribution in [2.75, 3.05) is 16.3 Å². The molecule has 1 aromatic carbocycles. The number of nitrogens with one attached hydrogen (secondary N) is 2. The number of benzene rings is 1. The minimum atomic E-state index is -3.30. The Morgan fingerprint density at radius 2 is 2.11 bits per heavy atom. The lowest BCUT2D eigenvalue weighted by Crippen LogP contribution is -2.16. The fraction of sp³-hybridized carbons (Fsp3) is 0.538. The van der Waals surface area contributed by atoms with Crippen molar-refractivity contribution in [2.24, 2.45) is 5.92 Å². The molecule has 1 aliphatic carbocycles. The first-order chi connectivity index (χ1) is 8.83. The summed E-state index contributed by atoms with van der Waals surface area (Å²) in [6.45, 7) is 2.15. The first-order valence-electron chi connectivity index (χ1n) is 6.37. The third-order valence-electron chi connectivity index (χ3n) is 3.06. The van der Waals surface area contributed by atoms with Gasteiger partial charge in [-0.3, -0.25) is 4.72 Å². The summed E-state index contributed by atoms with van der Waals surface area (Å²) in [6, 6.07) is 5.66. The van der Waals surface area contributed by atoms with Crippen molar-refractivity contribution in [1.82, 2.24) is 0 Å². The summed E-state index contributed by atoms with van der Waals surface area (Å²) in [6.07, 6.45) is 4.95. The molecule has 0 aromatic heterocycles. The number of anilines is 2. The van der Waals surface area contributed by atoms with Crippen molar-refractivity contribution < 1.29 is 8.42 Å². The molecule has 0 heterocycles. The summed E-state index contributed by atoms with van der Waals surface area (Å²) in [7, 11) is -3.30. The van der Waals surface area contributed by atoms with Crippen LogP contribution in [0.3, 0.4) is 0 Å². The van der Waals surface area contributed by atoms with Gasteiger partial charge in [-0.2, -0.15) is 0 Å². The quantitative estimate of drug-likeness (QED) is 0.847. The lowest BCUT2D eigenvalue weighted by molar-refractivity contribution is 0.607.